The van der Waals surface area contributed by atoms with Gasteiger partial charge in [0.25, 0.3) is 5.91 Å². The number of pyridine rings is 1. The van der Waals surface area contributed by atoms with E-state index < -0.39 is 0 Å². The van der Waals surface area contributed by atoms with Crippen LogP contribution in [-0.4, -0.2) is 38.7 Å². The van der Waals surface area contributed by atoms with E-state index in [1.807, 2.05) is 38.4 Å². The number of furan rings is 1. The molecule has 1 saturated carbocycles. The molecule has 8 nitrogen and oxygen atoms in total. The summed E-state index contributed by atoms with van der Waals surface area (Å²) >= 11 is 0. The lowest BCUT2D eigenvalue weighted by Crippen LogP contribution is -2.43. The lowest BCUT2D eigenvalue weighted by atomic mass is 9.85. The number of amides is 2. The van der Waals surface area contributed by atoms with Crippen molar-refractivity contribution in [1.82, 2.24) is 25.4 Å². The van der Waals surface area contributed by atoms with Crippen molar-refractivity contribution in [2.45, 2.75) is 71.5 Å². The molecule has 0 radical (unpaired) electrons. The number of carbonyl (C=O) groups is 2. The van der Waals surface area contributed by atoms with E-state index in [1.165, 1.54) is 0 Å². The van der Waals surface area contributed by atoms with Gasteiger partial charge in [-0.15, -0.1) is 0 Å². The minimum absolute atomic E-state index is 0.0467. The van der Waals surface area contributed by atoms with Crippen LogP contribution in [-0.2, 0) is 4.79 Å². The zero-order valence-electron chi connectivity index (χ0n) is 19.1. The number of aromatic nitrogens is 3. The SMILES string of the molecule is CC(C)NC(=O)C1CCCC(NC(=O)c2cc(-c3ccco3)nc3c2cnn3C(C)C)C1. The minimum Gasteiger partial charge on any atom is -0.463 e. The van der Waals surface area contributed by atoms with Crippen molar-refractivity contribution in [2.24, 2.45) is 5.92 Å². The molecular weight excluding hydrogens is 406 g/mol. The van der Waals surface area contributed by atoms with Crippen LogP contribution in [0.5, 0.6) is 0 Å². The largest absolute Gasteiger partial charge is 0.463 e. The molecule has 3 heterocycles. The normalized spacial score (nSPS) is 18.9. The lowest BCUT2D eigenvalue weighted by Gasteiger charge is -2.29. The quantitative estimate of drug-likeness (QED) is 0.605. The van der Waals surface area contributed by atoms with Crippen molar-refractivity contribution in [3.05, 3.63) is 36.2 Å². The van der Waals surface area contributed by atoms with Gasteiger partial charge >= 0.3 is 0 Å². The van der Waals surface area contributed by atoms with E-state index in [0.717, 1.165) is 19.3 Å². The molecule has 2 atom stereocenters. The third-order valence-electron chi connectivity index (χ3n) is 5.89. The van der Waals surface area contributed by atoms with Gasteiger partial charge in [-0.25, -0.2) is 9.67 Å². The van der Waals surface area contributed by atoms with Crippen LogP contribution in [0.15, 0.2) is 35.1 Å². The molecule has 2 amide bonds. The van der Waals surface area contributed by atoms with Crippen molar-refractivity contribution in [1.29, 1.82) is 0 Å². The molecule has 2 unspecified atom stereocenters. The maximum Gasteiger partial charge on any atom is 0.252 e. The summed E-state index contributed by atoms with van der Waals surface area (Å²) in [4.78, 5) is 30.6. The van der Waals surface area contributed by atoms with Crippen molar-refractivity contribution >= 4 is 22.8 Å². The van der Waals surface area contributed by atoms with Gasteiger partial charge in [0.15, 0.2) is 11.4 Å². The highest BCUT2D eigenvalue weighted by molar-refractivity contribution is 6.06. The molecule has 4 rings (SSSR count). The number of hydrogen-bond donors (Lipinski definition) is 2. The average molecular weight is 438 g/mol. The number of rotatable bonds is 6. The Morgan fingerprint density at radius 2 is 2.03 bits per heavy atom. The first-order valence-corrected chi connectivity index (χ1v) is 11.4. The Hall–Kier alpha value is -3.16. The molecule has 0 bridgehead atoms. The van der Waals surface area contributed by atoms with E-state index in [2.05, 4.69) is 15.7 Å². The predicted molar refractivity (Wildman–Crippen MR) is 122 cm³/mol. The van der Waals surface area contributed by atoms with Gasteiger partial charge in [0.1, 0.15) is 5.69 Å². The van der Waals surface area contributed by atoms with E-state index in [0.29, 0.717) is 34.5 Å². The van der Waals surface area contributed by atoms with Crippen LogP contribution in [0.3, 0.4) is 0 Å². The van der Waals surface area contributed by atoms with Crippen LogP contribution in [0, 0.1) is 5.92 Å². The number of fused-ring (bicyclic) bond motifs is 1. The van der Waals surface area contributed by atoms with E-state index in [4.69, 9.17) is 9.40 Å². The smallest absolute Gasteiger partial charge is 0.252 e. The average Bonchev–Trinajstić information content (AvgIpc) is 3.42. The fourth-order valence-electron chi connectivity index (χ4n) is 4.36. The Kier molecular flexibility index (Phi) is 6.30. The zero-order valence-corrected chi connectivity index (χ0v) is 19.1. The summed E-state index contributed by atoms with van der Waals surface area (Å²) in [6, 6.07) is 5.54. The van der Waals surface area contributed by atoms with Gasteiger partial charge in [-0.05, 0) is 65.2 Å². The van der Waals surface area contributed by atoms with Gasteiger partial charge in [-0.1, -0.05) is 6.42 Å². The van der Waals surface area contributed by atoms with Gasteiger partial charge in [-0.3, -0.25) is 9.59 Å². The summed E-state index contributed by atoms with van der Waals surface area (Å²) in [7, 11) is 0. The Labute approximate surface area is 187 Å². The topological polar surface area (TPSA) is 102 Å². The van der Waals surface area contributed by atoms with Crippen molar-refractivity contribution in [3.63, 3.8) is 0 Å². The first-order valence-electron chi connectivity index (χ1n) is 11.4. The minimum atomic E-state index is -0.177. The predicted octanol–water partition coefficient (Wildman–Crippen LogP) is 4.09. The summed E-state index contributed by atoms with van der Waals surface area (Å²) < 4.78 is 7.34. The molecule has 170 valence electrons. The van der Waals surface area contributed by atoms with Crippen LogP contribution in [0.25, 0.3) is 22.5 Å². The number of carbonyl (C=O) groups excluding carboxylic acids is 2. The molecule has 1 aliphatic rings. The molecule has 0 spiro atoms. The van der Waals surface area contributed by atoms with E-state index in [9.17, 15) is 9.59 Å². The summed E-state index contributed by atoms with van der Waals surface area (Å²) in [6.07, 6.45) is 6.56. The first-order chi connectivity index (χ1) is 15.3. The summed E-state index contributed by atoms with van der Waals surface area (Å²) in [5.74, 6) is 0.420. The van der Waals surface area contributed by atoms with Crippen molar-refractivity contribution < 1.29 is 14.0 Å². The zero-order chi connectivity index (χ0) is 22.8. The van der Waals surface area contributed by atoms with Crippen molar-refractivity contribution in [3.8, 4) is 11.5 Å². The highest BCUT2D eigenvalue weighted by Crippen LogP contribution is 2.28. The second-order valence-electron chi connectivity index (χ2n) is 9.15. The van der Waals surface area contributed by atoms with E-state index in [1.54, 1.807) is 24.6 Å². The maximum atomic E-state index is 13.4. The molecule has 1 fully saturated rings. The lowest BCUT2D eigenvalue weighted by molar-refractivity contribution is -0.126. The fraction of sp³-hybridized carbons (Fsp3) is 0.500. The highest BCUT2D eigenvalue weighted by Gasteiger charge is 2.29. The van der Waals surface area contributed by atoms with Gasteiger partial charge < -0.3 is 15.1 Å². The molecule has 3 aromatic heterocycles. The molecule has 0 saturated heterocycles. The molecule has 0 aromatic carbocycles. The van der Waals surface area contributed by atoms with Gasteiger partial charge in [0.05, 0.1) is 23.4 Å². The van der Waals surface area contributed by atoms with Gasteiger partial charge in [-0.2, -0.15) is 5.10 Å². The summed E-state index contributed by atoms with van der Waals surface area (Å²) in [5.41, 5.74) is 1.76. The third kappa shape index (κ3) is 4.54. The molecule has 3 aromatic rings. The number of nitrogens with zero attached hydrogens (tertiary/aromatic N) is 3. The Balaban J connectivity index is 1.61. The Bertz CT molecular complexity index is 1100. The number of nitrogens with one attached hydrogen (secondary N) is 2. The molecule has 2 N–H and O–H groups in total. The van der Waals surface area contributed by atoms with Gasteiger partial charge in [0.2, 0.25) is 5.91 Å². The monoisotopic (exact) mass is 437 g/mol. The van der Waals surface area contributed by atoms with E-state index >= 15 is 0 Å². The summed E-state index contributed by atoms with van der Waals surface area (Å²) in [6.45, 7) is 7.97. The molecule has 0 aliphatic heterocycles. The fourth-order valence-corrected chi connectivity index (χ4v) is 4.36. The Morgan fingerprint density at radius 1 is 1.22 bits per heavy atom. The summed E-state index contributed by atoms with van der Waals surface area (Å²) in [5, 5.41) is 11.3. The van der Waals surface area contributed by atoms with E-state index in [-0.39, 0.29) is 35.9 Å². The third-order valence-corrected chi connectivity index (χ3v) is 5.89. The standard InChI is InChI=1S/C24H31N5O3/c1-14(2)26-23(30)16-7-5-8-17(11-16)27-24(31)18-12-20(21-9-6-10-32-21)28-22-19(18)13-25-29(22)15(3)4/h6,9-10,12-17H,5,7-8,11H2,1-4H3,(H,26,30)(H,27,31). The second kappa shape index (κ2) is 9.14. The van der Waals surface area contributed by atoms with Crippen LogP contribution in [0.1, 0.15) is 69.8 Å². The van der Waals surface area contributed by atoms with Crippen molar-refractivity contribution in [2.75, 3.05) is 0 Å². The number of hydrogen-bond acceptors (Lipinski definition) is 5. The molecule has 8 heteroatoms. The molecule has 32 heavy (non-hydrogen) atoms. The first kappa shape index (κ1) is 22.0. The van der Waals surface area contributed by atoms with Crippen LogP contribution in [0.4, 0.5) is 0 Å². The highest BCUT2D eigenvalue weighted by atomic mass is 16.3. The van der Waals surface area contributed by atoms with Crippen LogP contribution < -0.4 is 10.6 Å². The maximum absolute atomic E-state index is 13.4. The van der Waals surface area contributed by atoms with Crippen LogP contribution in [0.2, 0.25) is 0 Å². The Morgan fingerprint density at radius 3 is 2.72 bits per heavy atom. The van der Waals surface area contributed by atoms with Crippen LogP contribution >= 0.6 is 0 Å². The molecule has 1 aliphatic carbocycles. The van der Waals surface area contributed by atoms with Gasteiger partial charge in [0, 0.05) is 24.0 Å². The molecular formula is C24H31N5O3. The second-order valence-corrected chi connectivity index (χ2v) is 9.15.